The van der Waals surface area contributed by atoms with Gasteiger partial charge < -0.3 is 19.1 Å². The lowest BCUT2D eigenvalue weighted by Crippen LogP contribution is -2.48. The van der Waals surface area contributed by atoms with Crippen LogP contribution in [-0.4, -0.2) is 72.4 Å². The van der Waals surface area contributed by atoms with E-state index in [4.69, 9.17) is 14.2 Å². The molecular weight excluding hydrogens is 478 g/mol. The molecule has 2 atom stereocenters. The van der Waals surface area contributed by atoms with Gasteiger partial charge in [-0.2, -0.15) is 0 Å². The molecule has 0 radical (unpaired) electrons. The fourth-order valence-electron chi connectivity index (χ4n) is 5.27. The van der Waals surface area contributed by atoms with Crippen molar-refractivity contribution in [3.05, 3.63) is 94.8 Å². The van der Waals surface area contributed by atoms with Crippen LogP contribution in [0.25, 0.3) is 0 Å². The third-order valence-electron chi connectivity index (χ3n) is 6.96. The number of hydrogen-bond donors (Lipinski definition) is 0. The summed E-state index contributed by atoms with van der Waals surface area (Å²) in [6, 6.07) is 20.5. The van der Waals surface area contributed by atoms with Gasteiger partial charge in [0.05, 0.1) is 31.1 Å². The third kappa shape index (κ3) is 6.98. The normalized spacial score (nSPS) is 21.2. The van der Waals surface area contributed by atoms with Crippen molar-refractivity contribution >= 4 is 5.91 Å². The van der Waals surface area contributed by atoms with Crippen LogP contribution in [0.15, 0.2) is 66.9 Å². The topological polar surface area (TPSA) is 64.1 Å². The Morgan fingerprint density at radius 1 is 0.947 bits per heavy atom. The number of rotatable bonds is 3. The maximum absolute atomic E-state index is 13.4. The molecule has 0 spiro atoms. The van der Waals surface area contributed by atoms with Crippen LogP contribution in [0, 0.1) is 0 Å². The Balaban J connectivity index is 1.38. The Morgan fingerprint density at radius 2 is 1.79 bits per heavy atom. The van der Waals surface area contributed by atoms with E-state index in [-0.39, 0.29) is 18.1 Å². The van der Waals surface area contributed by atoms with E-state index >= 15 is 0 Å². The predicted octanol–water partition coefficient (Wildman–Crippen LogP) is 4.33. The Hall–Kier alpha value is -3.26. The molecule has 38 heavy (non-hydrogen) atoms. The summed E-state index contributed by atoms with van der Waals surface area (Å²) in [5.41, 5.74) is 5.16. The fraction of sp³-hybridized carbons (Fsp3) is 0.419. The number of hydrogen-bond acceptors (Lipinski definition) is 6. The zero-order chi connectivity index (χ0) is 26.3. The van der Waals surface area contributed by atoms with Crippen molar-refractivity contribution in [1.29, 1.82) is 0 Å². The highest BCUT2D eigenvalue weighted by Crippen LogP contribution is 2.26. The molecule has 5 rings (SSSR count). The molecule has 3 aromatic rings. The maximum Gasteiger partial charge on any atom is 0.254 e. The van der Waals surface area contributed by atoms with Crippen molar-refractivity contribution in [2.75, 3.05) is 39.5 Å². The minimum Gasteiger partial charge on any atom is -0.491 e. The molecule has 7 heteroatoms. The Labute approximate surface area is 225 Å². The predicted molar refractivity (Wildman–Crippen MR) is 146 cm³/mol. The second-order valence-electron chi connectivity index (χ2n) is 10.3. The van der Waals surface area contributed by atoms with E-state index in [9.17, 15) is 4.79 Å². The second kappa shape index (κ2) is 12.5. The summed E-state index contributed by atoms with van der Waals surface area (Å²) < 4.78 is 17.9. The van der Waals surface area contributed by atoms with Gasteiger partial charge in [-0.05, 0) is 60.9 Å². The highest BCUT2D eigenvalue weighted by molar-refractivity contribution is 5.94. The quantitative estimate of drug-likeness (QED) is 0.517. The van der Waals surface area contributed by atoms with Gasteiger partial charge in [0.25, 0.3) is 5.91 Å². The number of benzene rings is 2. The SMILES string of the molecule is CC1CN(C(=O)c2ccc3c(c2)Cc2cccc(c2)CN(Cc2ccccn2)CCOCCO3)CC(C)O1. The van der Waals surface area contributed by atoms with Gasteiger partial charge in [0.15, 0.2) is 0 Å². The molecule has 2 aliphatic heterocycles. The summed E-state index contributed by atoms with van der Waals surface area (Å²) in [7, 11) is 0. The number of pyridine rings is 1. The minimum absolute atomic E-state index is 0.0308. The van der Waals surface area contributed by atoms with Crippen molar-refractivity contribution in [2.45, 2.75) is 45.6 Å². The molecule has 1 aromatic heterocycles. The molecule has 2 aliphatic rings. The molecule has 1 amide bonds. The monoisotopic (exact) mass is 515 g/mol. The molecule has 2 bridgehead atoms. The molecule has 200 valence electrons. The van der Waals surface area contributed by atoms with Crippen LogP contribution in [-0.2, 0) is 29.0 Å². The number of morpholine rings is 1. The molecule has 0 N–H and O–H groups in total. The van der Waals surface area contributed by atoms with Crippen molar-refractivity contribution in [3.63, 3.8) is 0 Å². The van der Waals surface area contributed by atoms with Crippen LogP contribution >= 0.6 is 0 Å². The van der Waals surface area contributed by atoms with Crippen molar-refractivity contribution in [3.8, 4) is 5.75 Å². The van der Waals surface area contributed by atoms with Crippen LogP contribution in [0.5, 0.6) is 5.75 Å². The number of fused-ring (bicyclic) bond motifs is 3. The Kier molecular flexibility index (Phi) is 8.68. The molecule has 1 fully saturated rings. The Bertz CT molecular complexity index is 1210. The van der Waals surface area contributed by atoms with Crippen molar-refractivity contribution in [1.82, 2.24) is 14.8 Å². The van der Waals surface area contributed by atoms with Gasteiger partial charge in [-0.15, -0.1) is 0 Å². The first-order chi connectivity index (χ1) is 18.5. The van der Waals surface area contributed by atoms with Gasteiger partial charge in [-0.25, -0.2) is 0 Å². The standard InChI is InChI=1S/C31H37N3O4/c1-23-19-34(20-24(2)38-23)31(35)27-9-10-30-28(18-27)17-25-6-5-7-26(16-25)21-33(12-13-36-14-15-37-30)22-29-8-3-4-11-32-29/h3-11,16,18,23-24H,12-15,17,19-22H2,1-2H3. The number of carbonyl (C=O) groups excluding carboxylic acids is 1. The Morgan fingerprint density at radius 3 is 2.61 bits per heavy atom. The van der Waals surface area contributed by atoms with E-state index in [2.05, 4.69) is 40.2 Å². The lowest BCUT2D eigenvalue weighted by molar-refractivity contribution is -0.0586. The lowest BCUT2D eigenvalue weighted by Gasteiger charge is -2.35. The van der Waals surface area contributed by atoms with Crippen molar-refractivity contribution < 1.29 is 19.0 Å². The zero-order valence-corrected chi connectivity index (χ0v) is 22.3. The number of nitrogens with zero attached hydrogens (tertiary/aromatic N) is 3. The van der Waals surface area contributed by atoms with Crippen molar-refractivity contribution in [2.24, 2.45) is 0 Å². The molecule has 2 unspecified atom stereocenters. The van der Waals surface area contributed by atoms with Crippen LogP contribution in [0.4, 0.5) is 0 Å². The highest BCUT2D eigenvalue weighted by Gasteiger charge is 2.27. The van der Waals surface area contributed by atoms with E-state index in [1.165, 1.54) is 11.1 Å². The molecule has 7 nitrogen and oxygen atoms in total. The van der Waals surface area contributed by atoms with Gasteiger partial charge in [0, 0.05) is 50.9 Å². The average molecular weight is 516 g/mol. The first-order valence-corrected chi connectivity index (χ1v) is 13.5. The number of carbonyl (C=O) groups is 1. The van der Waals surface area contributed by atoms with Gasteiger partial charge >= 0.3 is 0 Å². The molecule has 0 saturated carbocycles. The minimum atomic E-state index is 0.0308. The lowest BCUT2D eigenvalue weighted by atomic mass is 9.99. The van der Waals surface area contributed by atoms with Gasteiger partial charge in [0.2, 0.25) is 0 Å². The molecule has 0 aliphatic carbocycles. The molecule has 3 heterocycles. The summed E-state index contributed by atoms with van der Waals surface area (Å²) in [5, 5.41) is 0. The number of aromatic nitrogens is 1. The van der Waals surface area contributed by atoms with E-state index < -0.39 is 0 Å². The van der Waals surface area contributed by atoms with Crippen LogP contribution in [0.3, 0.4) is 0 Å². The molecule has 1 saturated heterocycles. The molecular formula is C31H37N3O4. The summed E-state index contributed by atoms with van der Waals surface area (Å²) >= 11 is 0. The van der Waals surface area contributed by atoms with E-state index in [0.717, 1.165) is 36.6 Å². The maximum atomic E-state index is 13.4. The largest absolute Gasteiger partial charge is 0.491 e. The highest BCUT2D eigenvalue weighted by atomic mass is 16.5. The summed E-state index contributed by atoms with van der Waals surface area (Å²) in [5.74, 6) is 0.838. The van der Waals surface area contributed by atoms with Crippen LogP contribution < -0.4 is 4.74 Å². The van der Waals surface area contributed by atoms with Crippen LogP contribution in [0.2, 0.25) is 0 Å². The van der Waals surface area contributed by atoms with Crippen LogP contribution in [0.1, 0.15) is 46.6 Å². The second-order valence-corrected chi connectivity index (χ2v) is 10.3. The number of ether oxygens (including phenoxy) is 3. The van der Waals surface area contributed by atoms with E-state index in [1.807, 2.05) is 55.3 Å². The number of amides is 1. The van der Waals surface area contributed by atoms with Gasteiger partial charge in [-0.3, -0.25) is 14.7 Å². The third-order valence-corrected chi connectivity index (χ3v) is 6.96. The van der Waals surface area contributed by atoms with E-state index in [0.29, 0.717) is 44.9 Å². The fourth-order valence-corrected chi connectivity index (χ4v) is 5.27. The van der Waals surface area contributed by atoms with E-state index in [1.54, 1.807) is 0 Å². The zero-order valence-electron chi connectivity index (χ0n) is 22.3. The average Bonchev–Trinajstić information content (AvgIpc) is 2.90. The summed E-state index contributed by atoms with van der Waals surface area (Å²) in [4.78, 5) is 22.2. The molecule has 2 aromatic carbocycles. The first kappa shape index (κ1) is 26.4. The van der Waals surface area contributed by atoms with Gasteiger partial charge in [-0.1, -0.05) is 30.3 Å². The van der Waals surface area contributed by atoms with Gasteiger partial charge in [0.1, 0.15) is 12.4 Å². The first-order valence-electron chi connectivity index (χ1n) is 13.5. The summed E-state index contributed by atoms with van der Waals surface area (Å²) in [6.07, 6.45) is 2.58. The smallest absolute Gasteiger partial charge is 0.254 e. The summed E-state index contributed by atoms with van der Waals surface area (Å²) in [6.45, 7) is 9.19.